The van der Waals surface area contributed by atoms with Crippen LogP contribution in [0.1, 0.15) is 6.92 Å². The Morgan fingerprint density at radius 1 is 1.75 bits per heavy atom. The molecule has 4 heteroatoms. The van der Waals surface area contributed by atoms with Gasteiger partial charge in [-0.1, -0.05) is 4.57 Å². The smallest absolute Gasteiger partial charge is 0.346 e. The summed E-state index contributed by atoms with van der Waals surface area (Å²) in [5.41, 5.74) is 0. The van der Waals surface area contributed by atoms with Gasteiger partial charge in [-0.15, -0.1) is 0 Å². The van der Waals surface area contributed by atoms with Gasteiger partial charge < -0.3 is 6.92 Å². The van der Waals surface area contributed by atoms with E-state index in [-0.39, 0.29) is 21.7 Å². The molecule has 0 aromatic carbocycles. The fourth-order valence-corrected chi connectivity index (χ4v) is 0. The van der Waals surface area contributed by atoms with E-state index in [0.717, 1.165) is 0 Å². The van der Waals surface area contributed by atoms with Crippen molar-refractivity contribution in [2.45, 2.75) is 6.92 Å². The molecule has 0 fully saturated rings. The first-order valence-corrected chi connectivity index (χ1v) is 2.88. The summed E-state index contributed by atoms with van der Waals surface area (Å²) in [6.07, 6.45) is 0. The van der Waals surface area contributed by atoms with Crippen LogP contribution in [0.25, 0.3) is 0 Å². The molecule has 1 N–H and O–H groups in total. The second-order valence-electron chi connectivity index (χ2n) is 0.431. The van der Waals surface area contributed by atoms with Crippen LogP contribution >= 0.6 is 8.03 Å². The molecular weight excluding hydrogens is 159 g/mol. The van der Waals surface area contributed by atoms with Crippen LogP contribution < -0.4 is 0 Å². The first kappa shape index (κ1) is 15.8. The van der Waals surface area contributed by atoms with E-state index in [2.05, 4.69) is 13.5 Å². The van der Waals surface area contributed by atoms with Crippen LogP contribution in [0.2, 0.25) is 0 Å². The van der Waals surface area contributed by atoms with E-state index in [4.69, 9.17) is 4.89 Å². The summed E-state index contributed by atoms with van der Waals surface area (Å²) in [7, 11) is -2.21. The van der Waals surface area contributed by atoms with Crippen LogP contribution in [-0.4, -0.2) is 4.89 Å². The van der Waals surface area contributed by atoms with E-state index in [9.17, 15) is 4.57 Å². The molecule has 0 aromatic heterocycles. The Balaban J connectivity index is -0.0000000750. The Labute approximate surface area is 65.7 Å². The molecule has 0 bridgehead atoms. The van der Waals surface area contributed by atoms with Crippen molar-refractivity contribution in [3.63, 3.8) is 0 Å². The van der Waals surface area contributed by atoms with Crippen LogP contribution in [0.15, 0.2) is 6.58 Å². The van der Waals surface area contributed by atoms with Gasteiger partial charge in [0.05, 0.1) is 0 Å². The quantitative estimate of drug-likeness (QED) is 0.365. The van der Waals surface area contributed by atoms with Gasteiger partial charge in [-0.2, -0.15) is 17.6 Å². The molecule has 0 amide bonds. The SMILES string of the molecule is C=[C-][P+](=O)O.[CH2-]C.[Ti+2]. The van der Waals surface area contributed by atoms with Gasteiger partial charge in [-0.05, 0) is 0 Å². The molecule has 0 rings (SSSR count). The van der Waals surface area contributed by atoms with E-state index in [0.29, 0.717) is 0 Å². The molecule has 1 unspecified atom stereocenters. The second-order valence-corrected chi connectivity index (χ2v) is 1.29. The molecule has 0 radical (unpaired) electrons. The van der Waals surface area contributed by atoms with Crippen molar-refractivity contribution in [1.82, 2.24) is 0 Å². The van der Waals surface area contributed by atoms with Crippen molar-refractivity contribution in [2.24, 2.45) is 0 Å². The number of hydrogen-bond acceptors (Lipinski definition) is 1. The third-order valence-corrected chi connectivity index (χ3v) is 0.406. The maximum Gasteiger partial charge on any atom is 2.00 e. The third-order valence-electron chi connectivity index (χ3n) is 0.135. The van der Waals surface area contributed by atoms with Crippen LogP contribution in [0.3, 0.4) is 0 Å². The zero-order valence-electron chi connectivity index (χ0n) is 4.72. The Bertz CT molecular complexity index is 65.1. The van der Waals surface area contributed by atoms with Gasteiger partial charge in [-0.3, -0.25) is 0 Å². The van der Waals surface area contributed by atoms with Gasteiger partial charge >= 0.3 is 29.7 Å². The number of rotatable bonds is 1. The van der Waals surface area contributed by atoms with Crippen molar-refractivity contribution >= 4 is 8.03 Å². The monoisotopic (exact) mass is 167 g/mol. The molecule has 0 aromatic rings. The van der Waals surface area contributed by atoms with E-state index >= 15 is 0 Å². The minimum atomic E-state index is -2.21. The normalized spacial score (nSPS) is 7.12. The standard InChI is InChI=1S/C2H3O2P.C2H5.Ti/c1-2-5(3)4;1-2;/h1H2,(H,3,4);1H2,2H3;/q;-1;+2. The maximum absolute atomic E-state index is 9.34. The molecular formula is C4H8O2PTi+. The molecule has 0 saturated carbocycles. The largest absolute Gasteiger partial charge is 2.00 e. The van der Waals surface area contributed by atoms with Gasteiger partial charge in [0, 0.05) is 0 Å². The molecule has 44 valence electrons. The minimum Gasteiger partial charge on any atom is -0.346 e. The Hall–Kier alpha value is 0.514. The van der Waals surface area contributed by atoms with Crippen molar-refractivity contribution in [2.75, 3.05) is 0 Å². The van der Waals surface area contributed by atoms with Crippen LogP contribution in [0.4, 0.5) is 0 Å². The predicted molar refractivity (Wildman–Crippen MR) is 29.7 cm³/mol. The van der Waals surface area contributed by atoms with Crippen molar-refractivity contribution < 1.29 is 31.2 Å². The summed E-state index contributed by atoms with van der Waals surface area (Å²) < 4.78 is 9.34. The summed E-state index contributed by atoms with van der Waals surface area (Å²) in [6.45, 7) is 7.90. The molecule has 0 spiro atoms. The molecule has 0 heterocycles. The summed E-state index contributed by atoms with van der Waals surface area (Å²) in [6, 6.07) is 0. The first-order chi connectivity index (χ1) is 3.27. The molecule has 0 aliphatic carbocycles. The molecule has 1 atom stereocenters. The van der Waals surface area contributed by atoms with Crippen molar-refractivity contribution in [3.05, 3.63) is 19.3 Å². The predicted octanol–water partition coefficient (Wildman–Crippen LogP) is 1.51. The third kappa shape index (κ3) is 31.3. The summed E-state index contributed by atoms with van der Waals surface area (Å²) in [5.74, 6) is 1.84. The van der Waals surface area contributed by atoms with E-state index in [1.165, 1.54) is 0 Å². The summed E-state index contributed by atoms with van der Waals surface area (Å²) in [4.78, 5) is 7.70. The average Bonchev–Trinajstić information content (AvgIpc) is 1.73. The molecule has 8 heavy (non-hydrogen) atoms. The van der Waals surface area contributed by atoms with Crippen LogP contribution in [-0.2, 0) is 26.3 Å². The number of hydrogen-bond donors (Lipinski definition) is 1. The Morgan fingerprint density at radius 2 is 1.88 bits per heavy atom. The molecule has 0 aliphatic heterocycles. The molecule has 2 nitrogen and oxygen atoms in total. The van der Waals surface area contributed by atoms with E-state index in [1.807, 2.05) is 5.82 Å². The zero-order chi connectivity index (χ0) is 6.28. The van der Waals surface area contributed by atoms with Gasteiger partial charge in [0.15, 0.2) is 0 Å². The van der Waals surface area contributed by atoms with Crippen molar-refractivity contribution in [3.8, 4) is 0 Å². The van der Waals surface area contributed by atoms with Gasteiger partial charge in [0.25, 0.3) is 0 Å². The Morgan fingerprint density at radius 3 is 1.88 bits per heavy atom. The summed E-state index contributed by atoms with van der Waals surface area (Å²) >= 11 is 0. The Kier molecular flexibility index (Phi) is 30.9. The summed E-state index contributed by atoms with van der Waals surface area (Å²) in [5, 5.41) is 0. The van der Waals surface area contributed by atoms with Crippen LogP contribution in [0.5, 0.6) is 0 Å². The van der Waals surface area contributed by atoms with Crippen LogP contribution in [0, 0.1) is 12.7 Å². The van der Waals surface area contributed by atoms with E-state index < -0.39 is 8.03 Å². The zero-order valence-corrected chi connectivity index (χ0v) is 7.17. The fourth-order valence-electron chi connectivity index (χ4n) is 0. The average molecular weight is 167 g/mol. The van der Waals surface area contributed by atoms with Gasteiger partial charge in [0.2, 0.25) is 0 Å². The first-order valence-electron chi connectivity index (χ1n) is 1.67. The maximum atomic E-state index is 9.34. The topological polar surface area (TPSA) is 37.3 Å². The minimum absolute atomic E-state index is 0. The van der Waals surface area contributed by atoms with Crippen molar-refractivity contribution in [1.29, 1.82) is 0 Å². The second kappa shape index (κ2) is 15.6. The molecule has 0 saturated heterocycles. The van der Waals surface area contributed by atoms with E-state index in [1.54, 1.807) is 6.92 Å². The molecule has 0 aliphatic rings. The fraction of sp³-hybridized carbons (Fsp3) is 0.250. The van der Waals surface area contributed by atoms with Gasteiger partial charge in [0.1, 0.15) is 0 Å². The van der Waals surface area contributed by atoms with Gasteiger partial charge in [-0.25, -0.2) is 6.58 Å².